The van der Waals surface area contributed by atoms with Crippen molar-refractivity contribution in [1.82, 2.24) is 15.1 Å². The van der Waals surface area contributed by atoms with Gasteiger partial charge in [-0.1, -0.05) is 28.1 Å². The van der Waals surface area contributed by atoms with E-state index in [4.69, 9.17) is 0 Å². The van der Waals surface area contributed by atoms with Gasteiger partial charge in [0.25, 0.3) is 0 Å². The first-order valence-electron chi connectivity index (χ1n) is 6.74. The standard InChI is InChI=1S/C15H18BrN3/c1-11-9-18-19(10-11)8-7-17-15-6-5-12-13(15)3-2-4-14(12)16/h2-4,9-10,15,17H,5-8H2,1H3. The molecule has 0 amide bonds. The highest BCUT2D eigenvalue weighted by Gasteiger charge is 2.23. The maximum Gasteiger partial charge on any atom is 0.0534 e. The summed E-state index contributed by atoms with van der Waals surface area (Å²) in [5.74, 6) is 0. The van der Waals surface area contributed by atoms with Gasteiger partial charge in [-0.15, -0.1) is 0 Å². The van der Waals surface area contributed by atoms with Crippen LogP contribution in [-0.2, 0) is 13.0 Å². The number of nitrogens with zero attached hydrogens (tertiary/aromatic N) is 2. The van der Waals surface area contributed by atoms with Gasteiger partial charge in [-0.3, -0.25) is 4.68 Å². The van der Waals surface area contributed by atoms with Gasteiger partial charge in [0, 0.05) is 23.3 Å². The van der Waals surface area contributed by atoms with Crippen LogP contribution >= 0.6 is 15.9 Å². The highest BCUT2D eigenvalue weighted by atomic mass is 79.9. The number of fused-ring (bicyclic) bond motifs is 1. The molecule has 3 nitrogen and oxygen atoms in total. The van der Waals surface area contributed by atoms with E-state index in [1.165, 1.54) is 27.6 Å². The first-order valence-corrected chi connectivity index (χ1v) is 7.53. The number of rotatable bonds is 4. The van der Waals surface area contributed by atoms with Crippen molar-refractivity contribution in [3.05, 3.63) is 51.8 Å². The number of halogens is 1. The third-order valence-corrected chi connectivity index (χ3v) is 4.45. The number of aromatic nitrogens is 2. The van der Waals surface area contributed by atoms with Crippen molar-refractivity contribution in [3.63, 3.8) is 0 Å². The molecule has 1 aliphatic carbocycles. The van der Waals surface area contributed by atoms with Crippen LogP contribution in [0.5, 0.6) is 0 Å². The summed E-state index contributed by atoms with van der Waals surface area (Å²) >= 11 is 3.64. The molecule has 1 aromatic heterocycles. The molecular formula is C15H18BrN3. The summed E-state index contributed by atoms with van der Waals surface area (Å²) in [6.07, 6.45) is 6.34. The van der Waals surface area contributed by atoms with Gasteiger partial charge in [-0.25, -0.2) is 0 Å². The maximum atomic E-state index is 4.31. The quantitative estimate of drug-likeness (QED) is 0.937. The number of benzene rings is 1. The molecule has 1 aliphatic rings. The van der Waals surface area contributed by atoms with Crippen molar-refractivity contribution in [2.75, 3.05) is 6.54 Å². The average molecular weight is 320 g/mol. The Morgan fingerprint density at radius 1 is 1.47 bits per heavy atom. The lowest BCUT2D eigenvalue weighted by atomic mass is 10.1. The summed E-state index contributed by atoms with van der Waals surface area (Å²) in [7, 11) is 0. The molecule has 0 bridgehead atoms. The van der Waals surface area contributed by atoms with E-state index in [2.05, 4.69) is 57.7 Å². The summed E-state index contributed by atoms with van der Waals surface area (Å²) in [5.41, 5.74) is 4.14. The predicted octanol–water partition coefficient (Wildman–Crippen LogP) is 3.23. The molecule has 2 aromatic rings. The van der Waals surface area contributed by atoms with Crippen molar-refractivity contribution in [1.29, 1.82) is 0 Å². The minimum absolute atomic E-state index is 0.490. The lowest BCUT2D eigenvalue weighted by Crippen LogP contribution is -2.24. The molecule has 1 aromatic carbocycles. The van der Waals surface area contributed by atoms with E-state index in [1.54, 1.807) is 0 Å². The zero-order chi connectivity index (χ0) is 13.2. The van der Waals surface area contributed by atoms with Crippen LogP contribution in [0.2, 0.25) is 0 Å². The second-order valence-electron chi connectivity index (χ2n) is 5.13. The smallest absolute Gasteiger partial charge is 0.0534 e. The molecule has 100 valence electrons. The molecule has 0 saturated carbocycles. The monoisotopic (exact) mass is 319 g/mol. The van der Waals surface area contributed by atoms with E-state index < -0.39 is 0 Å². The van der Waals surface area contributed by atoms with Crippen molar-refractivity contribution in [2.24, 2.45) is 0 Å². The highest BCUT2D eigenvalue weighted by Crippen LogP contribution is 2.35. The molecule has 0 aliphatic heterocycles. The number of aryl methyl sites for hydroxylation is 1. The first kappa shape index (κ1) is 12.9. The van der Waals surface area contributed by atoms with E-state index >= 15 is 0 Å². The predicted molar refractivity (Wildman–Crippen MR) is 80.2 cm³/mol. The van der Waals surface area contributed by atoms with Crippen molar-refractivity contribution in [2.45, 2.75) is 32.4 Å². The van der Waals surface area contributed by atoms with Gasteiger partial charge in [-0.05, 0) is 42.5 Å². The van der Waals surface area contributed by atoms with Gasteiger partial charge in [-0.2, -0.15) is 5.10 Å². The lowest BCUT2D eigenvalue weighted by Gasteiger charge is -2.14. The third-order valence-electron chi connectivity index (χ3n) is 3.71. The fraction of sp³-hybridized carbons (Fsp3) is 0.400. The van der Waals surface area contributed by atoms with E-state index in [9.17, 15) is 0 Å². The van der Waals surface area contributed by atoms with Gasteiger partial charge in [0.2, 0.25) is 0 Å². The minimum Gasteiger partial charge on any atom is -0.308 e. The second kappa shape index (κ2) is 5.47. The molecule has 0 radical (unpaired) electrons. The van der Waals surface area contributed by atoms with Crippen LogP contribution in [0.3, 0.4) is 0 Å². The summed E-state index contributed by atoms with van der Waals surface area (Å²) in [4.78, 5) is 0. The van der Waals surface area contributed by atoms with Crippen LogP contribution < -0.4 is 5.32 Å². The Bertz CT molecular complexity index is 577. The molecule has 0 spiro atoms. The van der Waals surface area contributed by atoms with E-state index in [0.717, 1.165) is 19.5 Å². The first-order chi connectivity index (χ1) is 9.24. The van der Waals surface area contributed by atoms with Gasteiger partial charge in [0.15, 0.2) is 0 Å². The van der Waals surface area contributed by atoms with E-state index in [-0.39, 0.29) is 0 Å². The molecule has 1 heterocycles. The number of hydrogen-bond donors (Lipinski definition) is 1. The van der Waals surface area contributed by atoms with Crippen LogP contribution in [0.4, 0.5) is 0 Å². The summed E-state index contributed by atoms with van der Waals surface area (Å²) in [6, 6.07) is 6.99. The summed E-state index contributed by atoms with van der Waals surface area (Å²) in [6.45, 7) is 3.95. The Labute approximate surface area is 122 Å². The maximum absolute atomic E-state index is 4.31. The largest absolute Gasteiger partial charge is 0.308 e. The Morgan fingerprint density at radius 3 is 3.16 bits per heavy atom. The Morgan fingerprint density at radius 2 is 2.37 bits per heavy atom. The molecule has 0 fully saturated rings. The highest BCUT2D eigenvalue weighted by molar-refractivity contribution is 9.10. The van der Waals surface area contributed by atoms with Gasteiger partial charge in [0.05, 0.1) is 12.7 Å². The fourth-order valence-electron chi connectivity index (χ4n) is 2.76. The van der Waals surface area contributed by atoms with Crippen LogP contribution in [0.25, 0.3) is 0 Å². The van der Waals surface area contributed by atoms with Gasteiger partial charge < -0.3 is 5.32 Å². The van der Waals surface area contributed by atoms with E-state index in [1.807, 2.05) is 10.9 Å². The van der Waals surface area contributed by atoms with Gasteiger partial charge >= 0.3 is 0 Å². The second-order valence-corrected chi connectivity index (χ2v) is 5.99. The zero-order valence-electron chi connectivity index (χ0n) is 11.1. The average Bonchev–Trinajstić information content (AvgIpc) is 2.98. The minimum atomic E-state index is 0.490. The third kappa shape index (κ3) is 2.74. The molecule has 1 N–H and O–H groups in total. The summed E-state index contributed by atoms with van der Waals surface area (Å²) in [5, 5.41) is 7.95. The Kier molecular flexibility index (Phi) is 3.71. The van der Waals surface area contributed by atoms with Gasteiger partial charge in [0.1, 0.15) is 0 Å². The molecular weight excluding hydrogens is 302 g/mol. The molecule has 19 heavy (non-hydrogen) atoms. The van der Waals surface area contributed by atoms with Crippen LogP contribution in [0, 0.1) is 6.92 Å². The molecule has 1 unspecified atom stereocenters. The topological polar surface area (TPSA) is 29.9 Å². The Hall–Kier alpha value is -1.13. The van der Waals surface area contributed by atoms with Crippen molar-refractivity contribution in [3.8, 4) is 0 Å². The molecule has 1 atom stereocenters. The zero-order valence-corrected chi connectivity index (χ0v) is 12.7. The van der Waals surface area contributed by atoms with Crippen LogP contribution in [0.1, 0.15) is 29.2 Å². The molecule has 3 rings (SSSR count). The van der Waals surface area contributed by atoms with Crippen LogP contribution in [-0.4, -0.2) is 16.3 Å². The normalized spacial score (nSPS) is 17.7. The molecule has 0 saturated heterocycles. The number of hydrogen-bond acceptors (Lipinski definition) is 2. The van der Waals surface area contributed by atoms with Crippen molar-refractivity contribution >= 4 is 15.9 Å². The Balaban J connectivity index is 1.59. The number of nitrogens with one attached hydrogen (secondary N) is 1. The summed E-state index contributed by atoms with van der Waals surface area (Å²) < 4.78 is 3.25. The van der Waals surface area contributed by atoms with E-state index in [0.29, 0.717) is 6.04 Å². The fourth-order valence-corrected chi connectivity index (χ4v) is 3.34. The van der Waals surface area contributed by atoms with Crippen molar-refractivity contribution < 1.29 is 0 Å². The molecule has 4 heteroatoms. The SMILES string of the molecule is Cc1cnn(CCNC2CCc3c(Br)cccc32)c1. The lowest BCUT2D eigenvalue weighted by molar-refractivity contribution is 0.484. The van der Waals surface area contributed by atoms with Crippen LogP contribution in [0.15, 0.2) is 35.1 Å².